The fourth-order valence-electron chi connectivity index (χ4n) is 2.87. The molecule has 2 N–H and O–H groups in total. The number of anilines is 1. The van der Waals surface area contributed by atoms with E-state index in [1.165, 1.54) is 0 Å². The molecule has 0 unspecified atom stereocenters. The van der Waals surface area contributed by atoms with Gasteiger partial charge in [0.25, 0.3) is 0 Å². The van der Waals surface area contributed by atoms with Crippen LogP contribution in [0.3, 0.4) is 0 Å². The number of hydrogen-bond donors (Lipinski definition) is 1. The second kappa shape index (κ2) is 7.24. The molecule has 1 fully saturated rings. The van der Waals surface area contributed by atoms with Crippen molar-refractivity contribution in [3.63, 3.8) is 0 Å². The Morgan fingerprint density at radius 3 is 2.74 bits per heavy atom. The van der Waals surface area contributed by atoms with Crippen LogP contribution in [-0.2, 0) is 11.3 Å². The third-order valence-electron chi connectivity index (χ3n) is 4.12. The van der Waals surface area contributed by atoms with Crippen LogP contribution in [0.5, 0.6) is 0 Å². The molecule has 1 atom stereocenters. The Hall–Kier alpha value is -2.40. The normalized spacial score (nSPS) is 17.3. The molecule has 1 aliphatic heterocycles. The fourth-order valence-corrected chi connectivity index (χ4v) is 2.87. The maximum Gasteiger partial charge on any atom is 0.242 e. The molecule has 2 heterocycles. The Bertz CT molecular complexity index is 632. The van der Waals surface area contributed by atoms with Gasteiger partial charge in [-0.25, -0.2) is 0 Å². The average molecular weight is 310 g/mol. The van der Waals surface area contributed by atoms with Crippen LogP contribution in [0.25, 0.3) is 0 Å². The lowest BCUT2D eigenvalue weighted by atomic mass is 10.2. The molecule has 3 rings (SSSR count). The number of carbonyl (C=O) groups excluding carboxylic acids is 1. The van der Waals surface area contributed by atoms with E-state index in [4.69, 9.17) is 5.73 Å². The lowest BCUT2D eigenvalue weighted by Gasteiger charge is -2.27. The first kappa shape index (κ1) is 15.5. The van der Waals surface area contributed by atoms with Gasteiger partial charge in [0.05, 0.1) is 6.54 Å². The summed E-state index contributed by atoms with van der Waals surface area (Å²) in [5, 5.41) is 0. The molecule has 1 aromatic carbocycles. The number of benzene rings is 1. The van der Waals surface area contributed by atoms with E-state index in [1.807, 2.05) is 53.6 Å². The summed E-state index contributed by atoms with van der Waals surface area (Å²) in [5.74, 6) is 0.130. The molecular formula is C18H22N4O. The number of nitrogens with zero attached hydrogens (tertiary/aromatic N) is 3. The van der Waals surface area contributed by atoms with E-state index in [0.29, 0.717) is 19.6 Å². The minimum atomic E-state index is 0.113. The molecule has 2 aromatic rings. The minimum absolute atomic E-state index is 0.113. The first-order valence-corrected chi connectivity index (χ1v) is 7.94. The summed E-state index contributed by atoms with van der Waals surface area (Å²) >= 11 is 0. The number of likely N-dealkylation sites (tertiary alicyclic amines) is 1. The van der Waals surface area contributed by atoms with Gasteiger partial charge in [-0.3, -0.25) is 9.78 Å². The second-order valence-corrected chi connectivity index (χ2v) is 5.94. The number of hydrogen-bond acceptors (Lipinski definition) is 4. The quantitative estimate of drug-likeness (QED) is 0.912. The Kier molecular flexibility index (Phi) is 4.88. The van der Waals surface area contributed by atoms with Crippen molar-refractivity contribution in [2.45, 2.75) is 19.0 Å². The van der Waals surface area contributed by atoms with Gasteiger partial charge in [-0.05, 0) is 30.2 Å². The first-order chi connectivity index (χ1) is 11.2. The Balaban J connectivity index is 1.74. The molecule has 0 spiro atoms. The average Bonchev–Trinajstić information content (AvgIpc) is 3.03. The van der Waals surface area contributed by atoms with Gasteiger partial charge in [-0.1, -0.05) is 24.3 Å². The van der Waals surface area contributed by atoms with Gasteiger partial charge in [0.2, 0.25) is 5.91 Å². The molecule has 1 aromatic heterocycles. The molecule has 23 heavy (non-hydrogen) atoms. The second-order valence-electron chi connectivity index (χ2n) is 5.94. The highest BCUT2D eigenvalue weighted by Gasteiger charge is 2.25. The molecule has 0 radical (unpaired) electrons. The van der Waals surface area contributed by atoms with Crippen molar-refractivity contribution in [1.82, 2.24) is 9.88 Å². The molecule has 5 heteroatoms. The largest absolute Gasteiger partial charge is 0.358 e. The summed E-state index contributed by atoms with van der Waals surface area (Å²) in [6.45, 7) is 2.43. The van der Waals surface area contributed by atoms with Crippen LogP contribution < -0.4 is 10.6 Å². The SMILES string of the molecule is N[C@@H]1CCN(C(=O)CN(Cc2cccnc2)c2ccccc2)C1. The maximum absolute atomic E-state index is 12.6. The van der Waals surface area contributed by atoms with Gasteiger partial charge < -0.3 is 15.5 Å². The maximum atomic E-state index is 12.6. The van der Waals surface area contributed by atoms with Gasteiger partial charge in [-0.15, -0.1) is 0 Å². The minimum Gasteiger partial charge on any atom is -0.358 e. The van der Waals surface area contributed by atoms with Crippen molar-refractivity contribution in [3.05, 3.63) is 60.4 Å². The molecule has 5 nitrogen and oxygen atoms in total. The van der Waals surface area contributed by atoms with Crippen LogP contribution in [-0.4, -0.2) is 41.5 Å². The van der Waals surface area contributed by atoms with Gasteiger partial charge in [0.15, 0.2) is 0 Å². The highest BCUT2D eigenvalue weighted by Crippen LogP contribution is 2.17. The zero-order valence-corrected chi connectivity index (χ0v) is 13.1. The number of aromatic nitrogens is 1. The van der Waals surface area contributed by atoms with Crippen molar-refractivity contribution in [3.8, 4) is 0 Å². The van der Waals surface area contributed by atoms with Gasteiger partial charge in [-0.2, -0.15) is 0 Å². The molecule has 0 saturated carbocycles. The van der Waals surface area contributed by atoms with Crippen LogP contribution in [0.4, 0.5) is 5.69 Å². The number of nitrogens with two attached hydrogens (primary N) is 1. The molecule has 1 amide bonds. The number of pyridine rings is 1. The van der Waals surface area contributed by atoms with Crippen molar-refractivity contribution in [1.29, 1.82) is 0 Å². The summed E-state index contributed by atoms with van der Waals surface area (Å²) in [6.07, 6.45) is 4.49. The predicted molar refractivity (Wildman–Crippen MR) is 90.9 cm³/mol. The lowest BCUT2D eigenvalue weighted by molar-refractivity contribution is -0.128. The Morgan fingerprint density at radius 1 is 1.26 bits per heavy atom. The van der Waals surface area contributed by atoms with Crippen molar-refractivity contribution in [2.24, 2.45) is 5.73 Å². The smallest absolute Gasteiger partial charge is 0.242 e. The monoisotopic (exact) mass is 310 g/mol. The van der Waals surface area contributed by atoms with Crippen LogP contribution in [0.15, 0.2) is 54.9 Å². The van der Waals surface area contributed by atoms with Crippen LogP contribution in [0, 0.1) is 0 Å². The van der Waals surface area contributed by atoms with Crippen molar-refractivity contribution in [2.75, 3.05) is 24.5 Å². The van der Waals surface area contributed by atoms with Crippen molar-refractivity contribution < 1.29 is 4.79 Å². The zero-order valence-electron chi connectivity index (χ0n) is 13.1. The van der Waals surface area contributed by atoms with Crippen LogP contribution in [0.2, 0.25) is 0 Å². The summed E-state index contributed by atoms with van der Waals surface area (Å²) in [4.78, 5) is 20.7. The van der Waals surface area contributed by atoms with E-state index in [0.717, 1.165) is 24.2 Å². The lowest BCUT2D eigenvalue weighted by Crippen LogP contribution is -2.40. The summed E-state index contributed by atoms with van der Waals surface area (Å²) in [7, 11) is 0. The van der Waals surface area contributed by atoms with Crippen molar-refractivity contribution >= 4 is 11.6 Å². The van der Waals surface area contributed by atoms with Crippen LogP contribution in [0.1, 0.15) is 12.0 Å². The van der Waals surface area contributed by atoms with Gasteiger partial charge in [0.1, 0.15) is 0 Å². The summed E-state index contributed by atoms with van der Waals surface area (Å²) in [6, 6.07) is 14.1. The van der Waals surface area contributed by atoms with E-state index in [1.54, 1.807) is 6.20 Å². The van der Waals surface area contributed by atoms with Crippen LogP contribution >= 0.6 is 0 Å². The first-order valence-electron chi connectivity index (χ1n) is 7.94. The Labute approximate surface area is 136 Å². The fraction of sp³-hybridized carbons (Fsp3) is 0.333. The molecule has 0 aliphatic carbocycles. The highest BCUT2D eigenvalue weighted by molar-refractivity contribution is 5.81. The molecule has 1 saturated heterocycles. The van der Waals surface area contributed by atoms with E-state index in [-0.39, 0.29) is 11.9 Å². The van der Waals surface area contributed by atoms with Gasteiger partial charge in [0, 0.05) is 43.8 Å². The number of carbonyl (C=O) groups is 1. The predicted octanol–water partition coefficient (Wildman–Crippen LogP) is 1.65. The molecular weight excluding hydrogens is 288 g/mol. The third kappa shape index (κ3) is 4.07. The third-order valence-corrected chi connectivity index (χ3v) is 4.12. The zero-order chi connectivity index (χ0) is 16.1. The topological polar surface area (TPSA) is 62.5 Å². The number of para-hydroxylation sites is 1. The van der Waals surface area contributed by atoms with E-state index in [9.17, 15) is 4.79 Å². The Morgan fingerprint density at radius 2 is 2.09 bits per heavy atom. The molecule has 0 bridgehead atoms. The van der Waals surface area contributed by atoms with E-state index < -0.39 is 0 Å². The summed E-state index contributed by atoms with van der Waals surface area (Å²) < 4.78 is 0. The summed E-state index contributed by atoms with van der Waals surface area (Å²) in [5.41, 5.74) is 8.03. The number of rotatable bonds is 5. The van der Waals surface area contributed by atoms with Gasteiger partial charge >= 0.3 is 0 Å². The van der Waals surface area contributed by atoms with E-state index >= 15 is 0 Å². The standard InChI is InChI=1S/C18H22N4O/c19-16-8-10-21(13-16)18(23)14-22(17-6-2-1-3-7-17)12-15-5-4-9-20-11-15/h1-7,9,11,16H,8,10,12-14,19H2/t16-/m1/s1. The number of amides is 1. The molecule has 120 valence electrons. The highest BCUT2D eigenvalue weighted by atomic mass is 16.2. The van der Waals surface area contributed by atoms with E-state index in [2.05, 4.69) is 9.88 Å². The molecule has 1 aliphatic rings.